The second kappa shape index (κ2) is 6.43. The maximum atomic E-state index is 12.3. The van der Waals surface area contributed by atoms with Crippen molar-refractivity contribution in [1.82, 2.24) is 9.80 Å². The van der Waals surface area contributed by atoms with Crippen molar-refractivity contribution in [1.29, 1.82) is 0 Å². The molecule has 108 valence electrons. The Kier molecular flexibility index (Phi) is 4.86. The predicted octanol–water partition coefficient (Wildman–Crippen LogP) is 1.84. The van der Waals surface area contributed by atoms with Gasteiger partial charge in [0.25, 0.3) is 5.91 Å². The fourth-order valence-corrected chi connectivity index (χ4v) is 2.52. The number of carbonyl (C=O) groups excluding carboxylic acids is 1. The summed E-state index contributed by atoms with van der Waals surface area (Å²) in [6.07, 6.45) is 0. The summed E-state index contributed by atoms with van der Waals surface area (Å²) < 4.78 is 0. The van der Waals surface area contributed by atoms with Crippen molar-refractivity contribution >= 4 is 35.1 Å². The minimum Gasteiger partial charge on any atom is -0.480 e. The van der Waals surface area contributed by atoms with Crippen molar-refractivity contribution < 1.29 is 14.7 Å². The number of amides is 1. The van der Waals surface area contributed by atoms with Crippen LogP contribution >= 0.6 is 23.2 Å². The number of aliphatic carboxylic acids is 1. The molecule has 1 aliphatic heterocycles. The van der Waals surface area contributed by atoms with Crippen LogP contribution in [-0.4, -0.2) is 59.5 Å². The van der Waals surface area contributed by atoms with Crippen LogP contribution in [0.3, 0.4) is 0 Å². The van der Waals surface area contributed by atoms with E-state index < -0.39 is 5.97 Å². The Morgan fingerprint density at radius 2 is 1.80 bits per heavy atom. The number of carboxylic acid groups (broad SMARTS) is 1. The van der Waals surface area contributed by atoms with Gasteiger partial charge in [0, 0.05) is 26.2 Å². The van der Waals surface area contributed by atoms with Gasteiger partial charge in [-0.1, -0.05) is 29.3 Å². The number of nitrogens with zero attached hydrogens (tertiary/aromatic N) is 2. The van der Waals surface area contributed by atoms with Crippen molar-refractivity contribution in [3.8, 4) is 0 Å². The number of hydrogen-bond donors (Lipinski definition) is 1. The minimum absolute atomic E-state index is 0.0000478. The molecule has 1 aromatic rings. The summed E-state index contributed by atoms with van der Waals surface area (Å²) in [4.78, 5) is 26.4. The highest BCUT2D eigenvalue weighted by Gasteiger charge is 2.24. The largest absolute Gasteiger partial charge is 0.480 e. The first-order chi connectivity index (χ1) is 9.49. The Morgan fingerprint density at radius 1 is 1.15 bits per heavy atom. The molecule has 1 aliphatic rings. The van der Waals surface area contributed by atoms with Crippen molar-refractivity contribution in [2.45, 2.75) is 0 Å². The zero-order valence-corrected chi connectivity index (χ0v) is 12.2. The van der Waals surface area contributed by atoms with Gasteiger partial charge < -0.3 is 10.0 Å². The number of piperazine rings is 1. The molecule has 5 nitrogen and oxygen atoms in total. The molecule has 2 rings (SSSR count). The first-order valence-corrected chi connectivity index (χ1v) is 6.92. The summed E-state index contributed by atoms with van der Waals surface area (Å²) in [6.45, 7) is 2.04. The first-order valence-electron chi connectivity index (χ1n) is 6.16. The molecule has 1 fully saturated rings. The Labute approximate surface area is 126 Å². The van der Waals surface area contributed by atoms with Gasteiger partial charge in [-0.2, -0.15) is 0 Å². The van der Waals surface area contributed by atoms with Crippen LogP contribution in [0.2, 0.25) is 10.0 Å². The summed E-state index contributed by atoms with van der Waals surface area (Å²) >= 11 is 11.9. The Bertz CT molecular complexity index is 528. The molecule has 1 amide bonds. The third-order valence-electron chi connectivity index (χ3n) is 3.20. The molecule has 1 heterocycles. The van der Waals surface area contributed by atoms with Gasteiger partial charge in [-0.3, -0.25) is 14.5 Å². The van der Waals surface area contributed by atoms with Crippen LogP contribution in [0.1, 0.15) is 10.4 Å². The zero-order valence-electron chi connectivity index (χ0n) is 10.7. The van der Waals surface area contributed by atoms with Crippen LogP contribution in [0.25, 0.3) is 0 Å². The minimum atomic E-state index is -0.859. The van der Waals surface area contributed by atoms with E-state index in [1.807, 2.05) is 0 Å². The van der Waals surface area contributed by atoms with Gasteiger partial charge >= 0.3 is 5.97 Å². The molecule has 20 heavy (non-hydrogen) atoms. The monoisotopic (exact) mass is 316 g/mol. The van der Waals surface area contributed by atoms with Crippen LogP contribution in [0, 0.1) is 0 Å². The first kappa shape index (κ1) is 15.1. The molecular weight excluding hydrogens is 303 g/mol. The Morgan fingerprint density at radius 3 is 2.40 bits per heavy atom. The maximum absolute atomic E-state index is 12.3. The van der Waals surface area contributed by atoms with Crippen LogP contribution < -0.4 is 0 Å². The molecule has 0 bridgehead atoms. The van der Waals surface area contributed by atoms with Gasteiger partial charge in [0.2, 0.25) is 0 Å². The van der Waals surface area contributed by atoms with E-state index >= 15 is 0 Å². The summed E-state index contributed by atoms with van der Waals surface area (Å²) in [5, 5.41) is 9.34. The van der Waals surface area contributed by atoms with E-state index in [1.165, 1.54) is 0 Å². The average Bonchev–Trinajstić information content (AvgIpc) is 2.41. The van der Waals surface area contributed by atoms with E-state index in [0.29, 0.717) is 36.8 Å². The van der Waals surface area contributed by atoms with Crippen molar-refractivity contribution in [2.24, 2.45) is 0 Å². The van der Waals surface area contributed by atoms with Gasteiger partial charge in [0.15, 0.2) is 0 Å². The number of halogens is 2. The lowest BCUT2D eigenvalue weighted by Gasteiger charge is -2.34. The highest BCUT2D eigenvalue weighted by Crippen LogP contribution is 2.26. The predicted molar refractivity (Wildman–Crippen MR) is 76.4 cm³/mol. The molecule has 0 radical (unpaired) electrons. The van der Waals surface area contributed by atoms with Crippen molar-refractivity contribution in [2.75, 3.05) is 32.7 Å². The Hall–Kier alpha value is -1.30. The van der Waals surface area contributed by atoms with Crippen molar-refractivity contribution in [3.63, 3.8) is 0 Å². The molecule has 1 aromatic carbocycles. The van der Waals surface area contributed by atoms with Gasteiger partial charge in [0.1, 0.15) is 0 Å². The molecule has 1 N–H and O–H groups in total. The lowest BCUT2D eigenvalue weighted by molar-refractivity contribution is -0.138. The number of carbonyl (C=O) groups is 2. The normalized spacial score (nSPS) is 16.2. The third-order valence-corrected chi connectivity index (χ3v) is 4.02. The molecule has 1 saturated heterocycles. The smallest absolute Gasteiger partial charge is 0.317 e. The summed E-state index contributed by atoms with van der Waals surface area (Å²) in [6, 6.07) is 4.95. The average molecular weight is 317 g/mol. The van der Waals surface area contributed by atoms with Crippen LogP contribution in [0.15, 0.2) is 18.2 Å². The molecular formula is C13H14Cl2N2O3. The van der Waals surface area contributed by atoms with E-state index in [2.05, 4.69) is 0 Å². The van der Waals surface area contributed by atoms with E-state index in [9.17, 15) is 9.59 Å². The molecule has 0 aromatic heterocycles. The van der Waals surface area contributed by atoms with E-state index in [4.69, 9.17) is 28.3 Å². The molecule has 0 spiro atoms. The summed E-state index contributed by atoms with van der Waals surface area (Å²) in [5.74, 6) is -1.03. The second-order valence-corrected chi connectivity index (χ2v) is 5.35. The van der Waals surface area contributed by atoms with E-state index in [-0.39, 0.29) is 17.5 Å². The van der Waals surface area contributed by atoms with E-state index in [1.54, 1.807) is 28.0 Å². The topological polar surface area (TPSA) is 60.9 Å². The number of hydrogen-bond acceptors (Lipinski definition) is 3. The Balaban J connectivity index is 2.02. The van der Waals surface area contributed by atoms with E-state index in [0.717, 1.165) is 0 Å². The molecule has 0 atom stereocenters. The molecule has 0 unspecified atom stereocenters. The fraction of sp³-hybridized carbons (Fsp3) is 0.385. The fourth-order valence-electron chi connectivity index (χ4n) is 2.14. The highest BCUT2D eigenvalue weighted by molar-refractivity contribution is 6.43. The van der Waals surface area contributed by atoms with Gasteiger partial charge in [-0.15, -0.1) is 0 Å². The third kappa shape index (κ3) is 3.42. The SMILES string of the molecule is O=C(O)CN1CCN(C(=O)c2cccc(Cl)c2Cl)CC1. The summed E-state index contributed by atoms with van der Waals surface area (Å²) in [5.41, 5.74) is 0.380. The highest BCUT2D eigenvalue weighted by atomic mass is 35.5. The van der Waals surface area contributed by atoms with Crippen LogP contribution in [0.5, 0.6) is 0 Å². The number of carboxylic acids is 1. The van der Waals surface area contributed by atoms with Gasteiger partial charge in [-0.25, -0.2) is 0 Å². The number of benzene rings is 1. The van der Waals surface area contributed by atoms with Gasteiger partial charge in [-0.05, 0) is 12.1 Å². The quantitative estimate of drug-likeness (QED) is 0.924. The van der Waals surface area contributed by atoms with Crippen LogP contribution in [0.4, 0.5) is 0 Å². The van der Waals surface area contributed by atoms with Crippen molar-refractivity contribution in [3.05, 3.63) is 33.8 Å². The lowest BCUT2D eigenvalue weighted by Crippen LogP contribution is -2.49. The zero-order chi connectivity index (χ0) is 14.7. The summed E-state index contributed by atoms with van der Waals surface area (Å²) in [7, 11) is 0. The second-order valence-electron chi connectivity index (χ2n) is 4.56. The van der Waals surface area contributed by atoms with Gasteiger partial charge in [0.05, 0.1) is 22.2 Å². The molecule has 0 aliphatic carbocycles. The molecule has 7 heteroatoms. The standard InChI is InChI=1S/C13H14Cl2N2O3/c14-10-3-1-2-9(12(10)15)13(20)17-6-4-16(5-7-17)8-11(18)19/h1-3H,4-8H2,(H,18,19). The lowest BCUT2D eigenvalue weighted by atomic mass is 10.2. The maximum Gasteiger partial charge on any atom is 0.317 e. The molecule has 0 saturated carbocycles. The van der Waals surface area contributed by atoms with Crippen LogP contribution in [-0.2, 0) is 4.79 Å². The number of rotatable bonds is 3.